The fourth-order valence-electron chi connectivity index (χ4n) is 3.19. The number of methoxy groups -OCH3 is 1. The average Bonchev–Trinajstić information content (AvgIpc) is 2.94. The molecule has 0 saturated heterocycles. The number of aryl methyl sites for hydroxylation is 1. The molecule has 1 aromatic rings. The van der Waals surface area contributed by atoms with E-state index in [4.69, 9.17) is 10.5 Å². The van der Waals surface area contributed by atoms with Crippen molar-refractivity contribution in [2.75, 3.05) is 13.7 Å². The van der Waals surface area contributed by atoms with Crippen LogP contribution in [0.1, 0.15) is 43.2 Å². The largest absolute Gasteiger partial charge is 0.380 e. The van der Waals surface area contributed by atoms with Gasteiger partial charge in [0, 0.05) is 13.7 Å². The summed E-state index contributed by atoms with van der Waals surface area (Å²) in [7, 11) is 1.59. The molecule has 4 nitrogen and oxygen atoms in total. The van der Waals surface area contributed by atoms with Crippen LogP contribution in [0.25, 0.3) is 0 Å². The van der Waals surface area contributed by atoms with Gasteiger partial charge in [-0.2, -0.15) is 0 Å². The lowest BCUT2D eigenvalue weighted by Crippen LogP contribution is -2.45. The number of carbonyl (C=O) groups is 1. The van der Waals surface area contributed by atoms with E-state index in [9.17, 15) is 4.79 Å². The molecule has 0 bridgehead atoms. The number of nitrogens with two attached hydrogens (primary N) is 1. The van der Waals surface area contributed by atoms with Crippen LogP contribution in [0.4, 0.5) is 0 Å². The number of benzene rings is 1. The number of nitrogens with one attached hydrogen (secondary N) is 1. The van der Waals surface area contributed by atoms with Crippen molar-refractivity contribution in [1.82, 2.24) is 5.32 Å². The third-order valence-corrected chi connectivity index (χ3v) is 4.42. The van der Waals surface area contributed by atoms with Gasteiger partial charge in [0.1, 0.15) is 0 Å². The molecule has 0 heterocycles. The molecule has 0 spiro atoms. The minimum atomic E-state index is -0.212. The van der Waals surface area contributed by atoms with Gasteiger partial charge in [0.25, 0.3) is 0 Å². The van der Waals surface area contributed by atoms with Gasteiger partial charge in [-0.1, -0.05) is 42.7 Å². The van der Waals surface area contributed by atoms with Gasteiger partial charge < -0.3 is 15.8 Å². The molecule has 1 fully saturated rings. The Morgan fingerprint density at radius 1 is 1.41 bits per heavy atom. The molecular formula is C17H27ClN2O2. The molecule has 1 aliphatic carbocycles. The fourth-order valence-corrected chi connectivity index (χ4v) is 3.19. The molecule has 3 N–H and O–H groups in total. The Hall–Kier alpha value is -1.10. The molecule has 0 radical (unpaired) electrons. The van der Waals surface area contributed by atoms with Gasteiger partial charge in [-0.05, 0) is 25.3 Å². The molecule has 22 heavy (non-hydrogen) atoms. The molecule has 0 aliphatic heterocycles. The SMILES string of the molecule is COC(CN)CC(=O)NC1(c2cccc(C)c2)CCCC1.Cl. The highest BCUT2D eigenvalue weighted by atomic mass is 35.5. The van der Waals surface area contributed by atoms with E-state index in [1.54, 1.807) is 7.11 Å². The topological polar surface area (TPSA) is 64.3 Å². The number of rotatable bonds is 6. The van der Waals surface area contributed by atoms with E-state index < -0.39 is 0 Å². The molecule has 2 rings (SSSR count). The van der Waals surface area contributed by atoms with Gasteiger partial charge in [0.05, 0.1) is 18.1 Å². The van der Waals surface area contributed by atoms with Crippen LogP contribution >= 0.6 is 12.4 Å². The Kier molecular flexibility index (Phi) is 7.33. The van der Waals surface area contributed by atoms with Crippen LogP contribution in [0.3, 0.4) is 0 Å². The quantitative estimate of drug-likeness (QED) is 0.844. The first kappa shape index (κ1) is 18.9. The van der Waals surface area contributed by atoms with Crippen molar-refractivity contribution in [3.63, 3.8) is 0 Å². The molecule has 1 saturated carbocycles. The number of hydrogen-bond donors (Lipinski definition) is 2. The molecule has 1 aromatic carbocycles. The second-order valence-corrected chi connectivity index (χ2v) is 6.00. The van der Waals surface area contributed by atoms with Crippen LogP contribution in [0.5, 0.6) is 0 Å². The van der Waals surface area contributed by atoms with Crippen LogP contribution < -0.4 is 11.1 Å². The van der Waals surface area contributed by atoms with E-state index in [-0.39, 0.29) is 30.0 Å². The van der Waals surface area contributed by atoms with E-state index in [1.807, 2.05) is 0 Å². The maximum atomic E-state index is 12.3. The Bertz CT molecular complexity index is 483. The van der Waals surface area contributed by atoms with Crippen molar-refractivity contribution in [3.8, 4) is 0 Å². The van der Waals surface area contributed by atoms with Gasteiger partial charge in [-0.3, -0.25) is 4.79 Å². The Labute approximate surface area is 139 Å². The summed E-state index contributed by atoms with van der Waals surface area (Å²) < 4.78 is 5.21. The number of amides is 1. The van der Waals surface area contributed by atoms with Crippen LogP contribution in [-0.4, -0.2) is 25.7 Å². The molecule has 1 aliphatic rings. The minimum absolute atomic E-state index is 0. The van der Waals surface area contributed by atoms with Crippen LogP contribution in [-0.2, 0) is 15.1 Å². The normalized spacial score (nSPS) is 17.6. The Balaban J connectivity index is 0.00000242. The Morgan fingerprint density at radius 3 is 2.64 bits per heavy atom. The van der Waals surface area contributed by atoms with E-state index >= 15 is 0 Å². The zero-order chi connectivity index (χ0) is 15.3. The van der Waals surface area contributed by atoms with Crippen LogP contribution in [0, 0.1) is 6.92 Å². The van der Waals surface area contributed by atoms with Gasteiger partial charge in [-0.15, -0.1) is 12.4 Å². The van der Waals surface area contributed by atoms with E-state index in [0.717, 1.165) is 25.7 Å². The molecular weight excluding hydrogens is 300 g/mol. The lowest BCUT2D eigenvalue weighted by Gasteiger charge is -2.32. The number of carbonyl (C=O) groups excluding carboxylic acids is 1. The average molecular weight is 327 g/mol. The molecule has 124 valence electrons. The molecule has 5 heteroatoms. The summed E-state index contributed by atoms with van der Waals surface area (Å²) in [4.78, 5) is 12.3. The third kappa shape index (κ3) is 4.45. The third-order valence-electron chi connectivity index (χ3n) is 4.42. The van der Waals surface area contributed by atoms with Crippen molar-refractivity contribution in [3.05, 3.63) is 35.4 Å². The number of hydrogen-bond acceptors (Lipinski definition) is 3. The summed E-state index contributed by atoms with van der Waals surface area (Å²) in [5.74, 6) is 0.0238. The first-order valence-corrected chi connectivity index (χ1v) is 7.70. The number of ether oxygens (including phenoxy) is 1. The monoisotopic (exact) mass is 326 g/mol. The summed E-state index contributed by atoms with van der Waals surface area (Å²) in [5.41, 5.74) is 7.83. The summed E-state index contributed by atoms with van der Waals surface area (Å²) >= 11 is 0. The highest BCUT2D eigenvalue weighted by Crippen LogP contribution is 2.39. The standard InChI is InChI=1S/C17H26N2O2.ClH/c1-13-6-5-7-14(10-13)17(8-3-4-9-17)19-16(20)11-15(12-18)21-2;/h5-7,10,15H,3-4,8-9,11-12,18H2,1-2H3,(H,19,20);1H. The Morgan fingerprint density at radius 2 is 2.09 bits per heavy atom. The lowest BCUT2D eigenvalue weighted by molar-refractivity contribution is -0.125. The lowest BCUT2D eigenvalue weighted by atomic mass is 9.87. The fraction of sp³-hybridized carbons (Fsp3) is 0.588. The van der Waals surface area contributed by atoms with Crippen LogP contribution in [0.15, 0.2) is 24.3 Å². The van der Waals surface area contributed by atoms with Crippen molar-refractivity contribution in [2.24, 2.45) is 5.73 Å². The van der Waals surface area contributed by atoms with Crippen LogP contribution in [0.2, 0.25) is 0 Å². The van der Waals surface area contributed by atoms with Gasteiger partial charge in [0.15, 0.2) is 0 Å². The molecule has 1 unspecified atom stereocenters. The van der Waals surface area contributed by atoms with Crippen molar-refractivity contribution in [1.29, 1.82) is 0 Å². The second-order valence-electron chi connectivity index (χ2n) is 6.00. The summed E-state index contributed by atoms with van der Waals surface area (Å²) in [6.07, 6.45) is 4.42. The van der Waals surface area contributed by atoms with E-state index in [2.05, 4.69) is 36.5 Å². The summed E-state index contributed by atoms with van der Waals surface area (Å²) in [6, 6.07) is 8.45. The molecule has 0 aromatic heterocycles. The zero-order valence-electron chi connectivity index (χ0n) is 13.4. The summed E-state index contributed by atoms with van der Waals surface area (Å²) in [5, 5.41) is 3.26. The first-order chi connectivity index (χ1) is 10.1. The smallest absolute Gasteiger partial charge is 0.223 e. The van der Waals surface area contributed by atoms with Crippen molar-refractivity contribution < 1.29 is 9.53 Å². The predicted octanol–water partition coefficient (Wildman–Crippen LogP) is 2.67. The van der Waals surface area contributed by atoms with Gasteiger partial charge in [-0.25, -0.2) is 0 Å². The van der Waals surface area contributed by atoms with Gasteiger partial charge >= 0.3 is 0 Å². The van der Waals surface area contributed by atoms with Crippen molar-refractivity contribution >= 4 is 18.3 Å². The second kappa shape index (κ2) is 8.51. The number of halogens is 1. The highest BCUT2D eigenvalue weighted by molar-refractivity contribution is 5.85. The maximum Gasteiger partial charge on any atom is 0.223 e. The minimum Gasteiger partial charge on any atom is -0.380 e. The predicted molar refractivity (Wildman–Crippen MR) is 91.2 cm³/mol. The summed E-state index contributed by atoms with van der Waals surface area (Å²) in [6.45, 7) is 2.45. The molecule has 1 amide bonds. The maximum absolute atomic E-state index is 12.3. The molecule has 1 atom stereocenters. The van der Waals surface area contributed by atoms with Gasteiger partial charge in [0.2, 0.25) is 5.91 Å². The van der Waals surface area contributed by atoms with E-state index in [1.165, 1.54) is 11.1 Å². The van der Waals surface area contributed by atoms with Crippen molar-refractivity contribution in [2.45, 2.75) is 50.7 Å². The zero-order valence-corrected chi connectivity index (χ0v) is 14.2. The highest BCUT2D eigenvalue weighted by Gasteiger charge is 2.37. The first-order valence-electron chi connectivity index (χ1n) is 7.70. The van der Waals surface area contributed by atoms with E-state index in [0.29, 0.717) is 13.0 Å².